The molecule has 0 fully saturated rings. The molecule has 0 heterocycles. The van der Waals surface area contributed by atoms with Crippen molar-refractivity contribution in [1.82, 2.24) is 0 Å². The van der Waals surface area contributed by atoms with Crippen molar-refractivity contribution in [2.24, 2.45) is 0 Å². The Morgan fingerprint density at radius 3 is 0.750 bits per heavy atom. The standard InChI is InChI=1S/Li.Na.2Sr. The van der Waals surface area contributed by atoms with Gasteiger partial charge in [-0.05, 0) is 0 Å². The van der Waals surface area contributed by atoms with E-state index in [0.29, 0.717) is 0 Å². The van der Waals surface area contributed by atoms with Gasteiger partial charge in [-0.25, -0.2) is 0 Å². The van der Waals surface area contributed by atoms with Crippen LogP contribution in [0.5, 0.6) is 0 Å². The van der Waals surface area contributed by atoms with Crippen molar-refractivity contribution in [3.63, 3.8) is 0 Å². The van der Waals surface area contributed by atoms with Crippen LogP contribution in [-0.4, -0.2) is 139 Å². The molecule has 0 saturated carbocycles. The van der Waals surface area contributed by atoms with Crippen LogP contribution < -0.4 is 0 Å². The first-order valence-corrected chi connectivity index (χ1v) is 0. The summed E-state index contributed by atoms with van der Waals surface area (Å²) in [5, 5.41) is 0. The Kier molecular flexibility index (Phi) is 92.0. The molecule has 0 aromatic carbocycles. The van der Waals surface area contributed by atoms with Crippen LogP contribution in [0, 0.1) is 0 Å². The van der Waals surface area contributed by atoms with Gasteiger partial charge in [-0.1, -0.05) is 0 Å². The minimum Gasteiger partial charge on any atom is 0 e. The normalized spacial score (nSPS) is 0. The van der Waals surface area contributed by atoms with Crippen LogP contribution in [-0.2, 0) is 0 Å². The Hall–Kier alpha value is 4.56. The summed E-state index contributed by atoms with van der Waals surface area (Å²) >= 11 is 0. The third-order valence-corrected chi connectivity index (χ3v) is 0. The summed E-state index contributed by atoms with van der Waals surface area (Å²) < 4.78 is 0. The van der Waals surface area contributed by atoms with E-state index in [1.54, 1.807) is 0 Å². The number of hydrogen-bond donors (Lipinski definition) is 0. The molecule has 0 bridgehead atoms. The molecule has 0 aliphatic carbocycles. The van der Waals surface area contributed by atoms with E-state index in [2.05, 4.69) is 0 Å². The molecule has 4 heteroatoms. The summed E-state index contributed by atoms with van der Waals surface area (Å²) in [4.78, 5) is 0. The van der Waals surface area contributed by atoms with E-state index in [4.69, 9.17) is 0 Å². The van der Waals surface area contributed by atoms with E-state index in [-0.39, 0.29) is 139 Å². The minimum absolute atomic E-state index is 0. The van der Waals surface area contributed by atoms with Crippen LogP contribution in [0.1, 0.15) is 0 Å². The maximum Gasteiger partial charge on any atom is 0 e. The Balaban J connectivity index is 0. The molecule has 0 spiro atoms. The molecule has 0 nitrogen and oxygen atoms in total. The van der Waals surface area contributed by atoms with E-state index in [0.717, 1.165) is 0 Å². The summed E-state index contributed by atoms with van der Waals surface area (Å²) in [5.74, 6) is 0. The van der Waals surface area contributed by atoms with Gasteiger partial charge in [-0.15, -0.1) is 0 Å². The van der Waals surface area contributed by atoms with Crippen molar-refractivity contribution >= 4 is 139 Å². The smallest absolute Gasteiger partial charge is 0 e. The third-order valence-electron chi connectivity index (χ3n) is 0. The molecule has 0 atom stereocenters. The molecule has 0 unspecified atom stereocenters. The van der Waals surface area contributed by atoms with Crippen LogP contribution in [0.25, 0.3) is 0 Å². The summed E-state index contributed by atoms with van der Waals surface area (Å²) in [6.07, 6.45) is 0. The molecule has 0 rings (SSSR count). The summed E-state index contributed by atoms with van der Waals surface area (Å²) in [7, 11) is 0. The van der Waals surface area contributed by atoms with Crippen LogP contribution in [0.4, 0.5) is 0 Å². The van der Waals surface area contributed by atoms with E-state index in [1.165, 1.54) is 0 Å². The van der Waals surface area contributed by atoms with Crippen LogP contribution in [0.15, 0.2) is 0 Å². The van der Waals surface area contributed by atoms with Gasteiger partial charge >= 0.3 is 0 Å². The first kappa shape index (κ1) is 23.5. The molecular formula is LiNaSr2. The van der Waals surface area contributed by atoms with Gasteiger partial charge in [0, 0.05) is 139 Å². The summed E-state index contributed by atoms with van der Waals surface area (Å²) in [6, 6.07) is 0. The van der Waals surface area contributed by atoms with Gasteiger partial charge in [0.1, 0.15) is 0 Å². The fourth-order valence-corrected chi connectivity index (χ4v) is 0. The number of rotatable bonds is 0. The topological polar surface area (TPSA) is 0 Å². The van der Waals surface area contributed by atoms with Gasteiger partial charge in [0.05, 0.1) is 0 Å². The van der Waals surface area contributed by atoms with Crippen LogP contribution in [0.3, 0.4) is 0 Å². The zero-order chi connectivity index (χ0) is 0. The second-order valence-corrected chi connectivity index (χ2v) is 0. The number of hydrogen-bond acceptors (Lipinski definition) is 0. The molecule has 0 aliphatic rings. The van der Waals surface area contributed by atoms with Gasteiger partial charge in [-0.3, -0.25) is 0 Å². The van der Waals surface area contributed by atoms with E-state index in [1.807, 2.05) is 0 Å². The Bertz CT molecular complexity index is 6.00. The molecule has 0 saturated heterocycles. The molecular weight excluding hydrogens is 205 g/mol. The zero-order valence-electron chi connectivity index (χ0n) is 3.41. The Labute approximate surface area is 135 Å². The molecule has 4 heavy (non-hydrogen) atoms. The predicted octanol–water partition coefficient (Wildman–Crippen LogP) is -1.52. The maximum atomic E-state index is 0. The van der Waals surface area contributed by atoms with Gasteiger partial charge < -0.3 is 0 Å². The SMILES string of the molecule is [Li].[Na].[Sr].[Sr]. The molecule has 6 radical (unpaired) electrons. The quantitative estimate of drug-likeness (QED) is 0.421. The molecule has 0 aromatic rings. The van der Waals surface area contributed by atoms with Gasteiger partial charge in [0.25, 0.3) is 0 Å². The Morgan fingerprint density at radius 2 is 0.750 bits per heavy atom. The van der Waals surface area contributed by atoms with E-state index >= 15 is 0 Å². The Morgan fingerprint density at radius 1 is 0.750 bits per heavy atom. The average molecular weight is 205 g/mol. The fraction of sp³-hybridized carbons (Fsp3) is 0. The van der Waals surface area contributed by atoms with Gasteiger partial charge in [0.15, 0.2) is 0 Å². The first-order chi connectivity index (χ1) is 0. The van der Waals surface area contributed by atoms with Crippen molar-refractivity contribution in [3.05, 3.63) is 0 Å². The fourth-order valence-electron chi connectivity index (χ4n) is 0. The first-order valence-electron chi connectivity index (χ1n) is 0. The summed E-state index contributed by atoms with van der Waals surface area (Å²) in [5.41, 5.74) is 0. The minimum atomic E-state index is 0. The molecule has 6 valence electrons. The van der Waals surface area contributed by atoms with Gasteiger partial charge in [-0.2, -0.15) is 0 Å². The largest absolute Gasteiger partial charge is 0 e. The molecule has 0 aliphatic heterocycles. The van der Waals surface area contributed by atoms with Crippen molar-refractivity contribution in [2.75, 3.05) is 0 Å². The molecule has 0 aromatic heterocycles. The van der Waals surface area contributed by atoms with Gasteiger partial charge in [0.2, 0.25) is 0 Å². The van der Waals surface area contributed by atoms with Crippen molar-refractivity contribution < 1.29 is 0 Å². The van der Waals surface area contributed by atoms with E-state index < -0.39 is 0 Å². The second kappa shape index (κ2) is 15.6. The van der Waals surface area contributed by atoms with Crippen LogP contribution >= 0.6 is 0 Å². The zero-order valence-corrected chi connectivity index (χ0v) is 12.4. The van der Waals surface area contributed by atoms with Crippen molar-refractivity contribution in [2.45, 2.75) is 0 Å². The van der Waals surface area contributed by atoms with E-state index in [9.17, 15) is 0 Å². The van der Waals surface area contributed by atoms with Crippen molar-refractivity contribution in [3.8, 4) is 0 Å². The molecule has 0 amide bonds. The predicted molar refractivity (Wildman–Crippen MR) is 23.0 cm³/mol. The molecule has 0 N–H and O–H groups in total. The second-order valence-electron chi connectivity index (χ2n) is 0. The maximum absolute atomic E-state index is 0. The van der Waals surface area contributed by atoms with Crippen LogP contribution in [0.2, 0.25) is 0 Å². The summed E-state index contributed by atoms with van der Waals surface area (Å²) in [6.45, 7) is 0. The monoisotopic (exact) mass is 206 g/mol. The third kappa shape index (κ3) is 9.75. The van der Waals surface area contributed by atoms with Crippen molar-refractivity contribution in [1.29, 1.82) is 0 Å². The average Bonchev–Trinajstić information content (AvgIpc) is 0.